The molecule has 1 aliphatic rings. The van der Waals surface area contributed by atoms with Crippen molar-refractivity contribution >= 4 is 34.9 Å². The summed E-state index contributed by atoms with van der Waals surface area (Å²) in [6, 6.07) is 3.74. The Bertz CT molecular complexity index is 583. The van der Waals surface area contributed by atoms with Crippen LogP contribution in [-0.2, 0) is 4.74 Å². The van der Waals surface area contributed by atoms with Crippen molar-refractivity contribution < 1.29 is 22.7 Å². The van der Waals surface area contributed by atoms with Crippen molar-refractivity contribution in [2.75, 3.05) is 25.0 Å². The van der Waals surface area contributed by atoms with Gasteiger partial charge in [-0.1, -0.05) is 23.2 Å². The number of ether oxygens (including phenoxy) is 1. The predicted molar refractivity (Wildman–Crippen MR) is 77.5 cm³/mol. The Balaban J connectivity index is 2.09. The number of morpholine rings is 1. The Morgan fingerprint density at radius 1 is 1.41 bits per heavy atom. The first-order chi connectivity index (χ1) is 10.1. The van der Waals surface area contributed by atoms with E-state index in [4.69, 9.17) is 27.9 Å². The van der Waals surface area contributed by atoms with Crippen LogP contribution in [0.1, 0.15) is 6.92 Å². The molecule has 0 aliphatic carbocycles. The van der Waals surface area contributed by atoms with E-state index < -0.39 is 24.4 Å². The third-order valence-electron chi connectivity index (χ3n) is 3.33. The smallest absolute Gasteiger partial charge is 0.362 e. The van der Waals surface area contributed by atoms with Crippen molar-refractivity contribution in [1.29, 1.82) is 0 Å². The zero-order valence-corrected chi connectivity index (χ0v) is 13.0. The Kier molecular flexibility index (Phi) is 4.79. The van der Waals surface area contributed by atoms with Crippen LogP contribution in [0, 0.1) is 0 Å². The summed E-state index contributed by atoms with van der Waals surface area (Å²) in [4.78, 5) is 13.2. The van der Waals surface area contributed by atoms with E-state index in [1.165, 1.54) is 18.2 Å². The van der Waals surface area contributed by atoms with E-state index in [0.717, 1.165) is 11.8 Å². The van der Waals surface area contributed by atoms with Gasteiger partial charge in [-0.05, 0) is 25.1 Å². The number of hydrogen-bond donors (Lipinski definition) is 1. The minimum Gasteiger partial charge on any atom is -0.362 e. The van der Waals surface area contributed by atoms with E-state index in [0.29, 0.717) is 5.02 Å². The maximum absolute atomic E-state index is 13.0. The van der Waals surface area contributed by atoms with Gasteiger partial charge >= 0.3 is 12.2 Å². The fraction of sp³-hybridized carbons (Fsp3) is 0.462. The van der Waals surface area contributed by atoms with Crippen molar-refractivity contribution in [1.82, 2.24) is 4.90 Å². The van der Waals surface area contributed by atoms with E-state index in [1.807, 2.05) is 0 Å². The molecule has 1 aromatic rings. The van der Waals surface area contributed by atoms with Crippen LogP contribution in [0.5, 0.6) is 0 Å². The van der Waals surface area contributed by atoms with Crippen LogP contribution in [0.4, 0.5) is 23.7 Å². The number of carbonyl (C=O) groups is 1. The largest absolute Gasteiger partial charge is 0.418 e. The number of nitrogens with zero attached hydrogens (tertiary/aromatic N) is 1. The van der Waals surface area contributed by atoms with Gasteiger partial charge in [-0.15, -0.1) is 0 Å². The number of nitrogens with one attached hydrogen (secondary N) is 1. The van der Waals surface area contributed by atoms with Crippen LogP contribution in [0.3, 0.4) is 0 Å². The number of amides is 2. The second-order valence-corrected chi connectivity index (χ2v) is 5.90. The molecule has 0 bridgehead atoms. The number of anilines is 1. The van der Waals surface area contributed by atoms with E-state index in [9.17, 15) is 18.0 Å². The summed E-state index contributed by atoms with van der Waals surface area (Å²) >= 11 is 11.7. The summed E-state index contributed by atoms with van der Waals surface area (Å²) < 4.78 is 43.7. The molecule has 0 spiro atoms. The van der Waals surface area contributed by atoms with E-state index in [2.05, 4.69) is 5.32 Å². The minimum atomic E-state index is -4.57. The van der Waals surface area contributed by atoms with Crippen LogP contribution in [-0.4, -0.2) is 42.4 Å². The van der Waals surface area contributed by atoms with E-state index in [-0.39, 0.29) is 23.9 Å². The Hall–Kier alpha value is -1.18. The number of alkyl halides is 3. The maximum Gasteiger partial charge on any atom is 0.418 e. The van der Waals surface area contributed by atoms with Gasteiger partial charge in [0.1, 0.15) is 0 Å². The summed E-state index contributed by atoms with van der Waals surface area (Å²) in [6.07, 6.45) is -4.57. The molecule has 1 atom stereocenters. The van der Waals surface area contributed by atoms with Crippen LogP contribution in [0.25, 0.3) is 0 Å². The van der Waals surface area contributed by atoms with Gasteiger partial charge in [-0.25, -0.2) is 4.79 Å². The lowest BCUT2D eigenvalue weighted by molar-refractivity contribution is -0.284. The normalized spacial score (nSPS) is 22.5. The molecule has 1 saturated heterocycles. The third-order valence-corrected chi connectivity index (χ3v) is 3.88. The second-order valence-electron chi connectivity index (χ2n) is 5.05. The SMILES string of the molecule is CC1(C(F)(F)F)CN(C(=O)Nc2ccc(Cl)cc2Cl)CCO1. The van der Waals surface area contributed by atoms with Gasteiger partial charge in [-0.3, -0.25) is 0 Å². The molecule has 2 amide bonds. The Morgan fingerprint density at radius 2 is 2.09 bits per heavy atom. The molecular weight excluding hydrogens is 344 g/mol. The van der Waals surface area contributed by atoms with E-state index in [1.54, 1.807) is 0 Å². The lowest BCUT2D eigenvalue weighted by Crippen LogP contribution is -2.59. The molecule has 1 aliphatic heterocycles. The fourth-order valence-electron chi connectivity index (χ4n) is 2.00. The lowest BCUT2D eigenvalue weighted by atomic mass is 10.0. The minimum absolute atomic E-state index is 0.0582. The number of carbonyl (C=O) groups excluding carboxylic acids is 1. The van der Waals surface area contributed by atoms with Gasteiger partial charge in [-0.2, -0.15) is 13.2 Å². The first-order valence-electron chi connectivity index (χ1n) is 6.34. The zero-order valence-electron chi connectivity index (χ0n) is 11.5. The first kappa shape index (κ1) is 17.2. The molecule has 0 aromatic heterocycles. The molecule has 9 heteroatoms. The average molecular weight is 357 g/mol. The molecule has 1 aromatic carbocycles. The quantitative estimate of drug-likeness (QED) is 0.819. The van der Waals surface area contributed by atoms with Crippen LogP contribution in [0.15, 0.2) is 18.2 Å². The number of halogens is 5. The molecule has 22 heavy (non-hydrogen) atoms. The maximum atomic E-state index is 13.0. The summed E-state index contributed by atoms with van der Waals surface area (Å²) in [6.45, 7) is 0.190. The van der Waals surface area contributed by atoms with Gasteiger partial charge in [0.2, 0.25) is 0 Å². The highest BCUT2D eigenvalue weighted by atomic mass is 35.5. The van der Waals surface area contributed by atoms with Crippen molar-refractivity contribution in [2.24, 2.45) is 0 Å². The molecule has 0 saturated carbocycles. The van der Waals surface area contributed by atoms with Crippen LogP contribution < -0.4 is 5.32 Å². The number of rotatable bonds is 1. The van der Waals surface area contributed by atoms with Crippen LogP contribution in [0.2, 0.25) is 10.0 Å². The molecule has 2 rings (SSSR count). The van der Waals surface area contributed by atoms with Gasteiger partial charge in [0.05, 0.1) is 23.9 Å². The molecule has 4 nitrogen and oxygen atoms in total. The van der Waals surface area contributed by atoms with Crippen molar-refractivity contribution in [3.8, 4) is 0 Å². The zero-order chi connectivity index (χ0) is 16.5. The van der Waals surface area contributed by atoms with Gasteiger partial charge < -0.3 is 15.0 Å². The fourth-order valence-corrected chi connectivity index (χ4v) is 2.46. The Morgan fingerprint density at radius 3 is 2.68 bits per heavy atom. The van der Waals surface area contributed by atoms with Gasteiger partial charge in [0.15, 0.2) is 5.60 Å². The summed E-state index contributed by atoms with van der Waals surface area (Å²) in [5.41, 5.74) is -2.11. The van der Waals surface area contributed by atoms with Gasteiger partial charge in [0, 0.05) is 11.6 Å². The van der Waals surface area contributed by atoms with Crippen molar-refractivity contribution in [3.05, 3.63) is 28.2 Å². The first-order valence-corrected chi connectivity index (χ1v) is 7.10. The van der Waals surface area contributed by atoms with Crippen LogP contribution >= 0.6 is 23.2 Å². The average Bonchev–Trinajstić information content (AvgIpc) is 2.40. The number of hydrogen-bond acceptors (Lipinski definition) is 2. The highest BCUT2D eigenvalue weighted by molar-refractivity contribution is 6.36. The third kappa shape index (κ3) is 3.59. The molecule has 1 N–H and O–H groups in total. The van der Waals surface area contributed by atoms with Gasteiger partial charge in [0.25, 0.3) is 0 Å². The van der Waals surface area contributed by atoms with Crippen molar-refractivity contribution in [2.45, 2.75) is 18.7 Å². The molecule has 1 fully saturated rings. The standard InChI is InChI=1S/C13H13Cl2F3N2O2/c1-12(13(16,17)18)7-20(4-5-22-12)11(21)19-10-3-2-8(14)6-9(10)15/h2-3,6H,4-5,7H2,1H3,(H,19,21). The monoisotopic (exact) mass is 356 g/mol. The molecular formula is C13H13Cl2F3N2O2. The van der Waals surface area contributed by atoms with E-state index >= 15 is 0 Å². The number of urea groups is 1. The molecule has 0 radical (unpaired) electrons. The summed E-state index contributed by atoms with van der Waals surface area (Å²) in [5, 5.41) is 3.06. The molecule has 122 valence electrons. The summed E-state index contributed by atoms with van der Waals surface area (Å²) in [7, 11) is 0. The second kappa shape index (κ2) is 6.14. The summed E-state index contributed by atoms with van der Waals surface area (Å²) in [5.74, 6) is 0. The highest BCUT2D eigenvalue weighted by Crippen LogP contribution is 2.36. The topological polar surface area (TPSA) is 41.6 Å². The van der Waals surface area contributed by atoms with Crippen molar-refractivity contribution in [3.63, 3.8) is 0 Å². The molecule has 1 heterocycles. The predicted octanol–water partition coefficient (Wildman–Crippen LogP) is 4.18. The highest BCUT2D eigenvalue weighted by Gasteiger charge is 2.55. The Labute approximate surface area is 135 Å². The number of benzene rings is 1. The molecule has 1 unspecified atom stereocenters. The lowest BCUT2D eigenvalue weighted by Gasteiger charge is -2.41.